The summed E-state index contributed by atoms with van der Waals surface area (Å²) in [7, 11) is 0. The zero-order valence-electron chi connectivity index (χ0n) is 12.7. The molecule has 0 saturated heterocycles. The van der Waals surface area contributed by atoms with Crippen LogP contribution in [0.25, 0.3) is 0 Å². The standard InChI is InChI=1S/C16H22N4O2/c21-15(19-17-13-7-9-1-3-11(13)5-9)16(22)20-18-14-8-10-2-4-12(14)6-10/h9-12H,1-8H2,(H,19,21)(H,20,22)/b17-13-,18-14?. The van der Waals surface area contributed by atoms with Crippen LogP contribution >= 0.6 is 0 Å². The Hall–Kier alpha value is -1.72. The maximum atomic E-state index is 11.8. The molecule has 2 amide bonds. The van der Waals surface area contributed by atoms with Gasteiger partial charge in [0.05, 0.1) is 0 Å². The van der Waals surface area contributed by atoms with E-state index in [0.717, 1.165) is 36.1 Å². The van der Waals surface area contributed by atoms with Crippen LogP contribution < -0.4 is 10.9 Å². The van der Waals surface area contributed by atoms with E-state index in [1.165, 1.54) is 38.5 Å². The number of carbonyl (C=O) groups is 2. The molecule has 0 aromatic heterocycles. The second-order valence-corrected chi connectivity index (χ2v) is 7.25. The number of hydrazone groups is 2. The van der Waals surface area contributed by atoms with Gasteiger partial charge in [-0.05, 0) is 75.0 Å². The third-order valence-corrected chi connectivity index (χ3v) is 5.83. The molecule has 4 atom stereocenters. The molecule has 4 fully saturated rings. The summed E-state index contributed by atoms with van der Waals surface area (Å²) in [6.07, 6.45) is 9.21. The molecule has 118 valence electrons. The Morgan fingerprint density at radius 3 is 1.55 bits per heavy atom. The molecule has 4 rings (SSSR count). The Morgan fingerprint density at radius 2 is 1.23 bits per heavy atom. The average molecular weight is 302 g/mol. The molecule has 0 heterocycles. The topological polar surface area (TPSA) is 82.9 Å². The monoisotopic (exact) mass is 302 g/mol. The van der Waals surface area contributed by atoms with E-state index < -0.39 is 11.8 Å². The van der Waals surface area contributed by atoms with Gasteiger partial charge in [0.1, 0.15) is 0 Å². The van der Waals surface area contributed by atoms with E-state index in [0.29, 0.717) is 11.8 Å². The number of amides is 2. The fourth-order valence-corrected chi connectivity index (χ4v) is 4.67. The first-order chi connectivity index (χ1) is 10.7. The Kier molecular flexibility index (Phi) is 3.47. The summed E-state index contributed by atoms with van der Waals surface area (Å²) in [6.45, 7) is 0. The Labute approximate surface area is 129 Å². The van der Waals surface area contributed by atoms with Crippen molar-refractivity contribution in [2.45, 2.75) is 51.4 Å². The molecule has 4 aliphatic carbocycles. The number of nitrogens with zero attached hydrogens (tertiary/aromatic N) is 2. The minimum Gasteiger partial charge on any atom is -0.262 e. The first-order valence-corrected chi connectivity index (χ1v) is 8.42. The Morgan fingerprint density at radius 1 is 0.773 bits per heavy atom. The van der Waals surface area contributed by atoms with E-state index in [-0.39, 0.29) is 0 Å². The molecular weight excluding hydrogens is 280 g/mol. The van der Waals surface area contributed by atoms with E-state index in [1.807, 2.05) is 0 Å². The highest BCUT2D eigenvalue weighted by Crippen LogP contribution is 2.43. The third-order valence-electron chi connectivity index (χ3n) is 5.83. The largest absolute Gasteiger partial charge is 0.331 e. The Balaban J connectivity index is 1.28. The molecule has 0 radical (unpaired) electrons. The molecule has 2 N–H and O–H groups in total. The van der Waals surface area contributed by atoms with Gasteiger partial charge in [-0.1, -0.05) is 0 Å². The lowest BCUT2D eigenvalue weighted by Gasteiger charge is -2.12. The maximum absolute atomic E-state index is 11.8. The van der Waals surface area contributed by atoms with Crippen LogP contribution in [-0.4, -0.2) is 23.2 Å². The highest BCUT2D eigenvalue weighted by atomic mass is 16.2. The SMILES string of the molecule is O=C(NN=C1CC2CCC1C2)C(=O)N/N=C1/CC2CCC1C2. The van der Waals surface area contributed by atoms with Gasteiger partial charge >= 0.3 is 11.8 Å². The second kappa shape index (κ2) is 5.48. The van der Waals surface area contributed by atoms with Crippen molar-refractivity contribution in [3.05, 3.63) is 0 Å². The fraction of sp³-hybridized carbons (Fsp3) is 0.750. The summed E-state index contributed by atoms with van der Waals surface area (Å²) in [5, 5.41) is 8.31. The quantitative estimate of drug-likeness (QED) is 0.599. The van der Waals surface area contributed by atoms with Crippen molar-refractivity contribution in [3.63, 3.8) is 0 Å². The summed E-state index contributed by atoms with van der Waals surface area (Å²) in [4.78, 5) is 23.5. The number of fused-ring (bicyclic) bond motifs is 4. The number of carbonyl (C=O) groups excluding carboxylic acids is 2. The summed E-state index contributed by atoms with van der Waals surface area (Å²) >= 11 is 0. The predicted molar refractivity (Wildman–Crippen MR) is 82.1 cm³/mol. The van der Waals surface area contributed by atoms with Gasteiger partial charge in [-0.3, -0.25) is 9.59 Å². The van der Waals surface area contributed by atoms with Crippen LogP contribution in [0.5, 0.6) is 0 Å². The first-order valence-electron chi connectivity index (χ1n) is 8.42. The van der Waals surface area contributed by atoms with Crippen molar-refractivity contribution in [1.29, 1.82) is 0 Å². The van der Waals surface area contributed by atoms with Gasteiger partial charge in [-0.25, -0.2) is 10.9 Å². The van der Waals surface area contributed by atoms with Gasteiger partial charge in [0.25, 0.3) is 0 Å². The third kappa shape index (κ3) is 2.55. The van der Waals surface area contributed by atoms with Crippen molar-refractivity contribution in [3.8, 4) is 0 Å². The minimum atomic E-state index is -0.720. The molecule has 0 aromatic carbocycles. The number of nitrogens with one attached hydrogen (secondary N) is 2. The van der Waals surface area contributed by atoms with Gasteiger partial charge in [0, 0.05) is 11.4 Å². The van der Waals surface area contributed by atoms with Gasteiger partial charge < -0.3 is 0 Å². The number of rotatable bonds is 2. The van der Waals surface area contributed by atoms with Crippen LogP contribution in [0.1, 0.15) is 51.4 Å². The highest BCUT2D eigenvalue weighted by Gasteiger charge is 2.37. The van der Waals surface area contributed by atoms with Crippen LogP contribution in [0.15, 0.2) is 10.2 Å². The van der Waals surface area contributed by atoms with E-state index in [9.17, 15) is 9.59 Å². The van der Waals surface area contributed by atoms with Crippen molar-refractivity contribution in [2.24, 2.45) is 33.9 Å². The van der Waals surface area contributed by atoms with E-state index in [4.69, 9.17) is 0 Å². The van der Waals surface area contributed by atoms with E-state index in [1.54, 1.807) is 0 Å². The molecular formula is C16H22N4O2. The predicted octanol–water partition coefficient (Wildman–Crippen LogP) is 1.57. The molecule has 4 bridgehead atoms. The summed E-state index contributed by atoms with van der Waals surface area (Å²) in [5.74, 6) is 1.06. The number of hydrogen-bond donors (Lipinski definition) is 2. The van der Waals surface area contributed by atoms with E-state index >= 15 is 0 Å². The second-order valence-electron chi connectivity index (χ2n) is 7.25. The highest BCUT2D eigenvalue weighted by molar-refractivity contribution is 6.35. The molecule has 4 saturated carbocycles. The molecule has 4 unspecified atom stereocenters. The van der Waals surface area contributed by atoms with Crippen molar-refractivity contribution < 1.29 is 9.59 Å². The molecule has 4 aliphatic rings. The summed E-state index contributed by atoms with van der Waals surface area (Å²) < 4.78 is 0. The first kappa shape index (κ1) is 13.9. The molecule has 0 aliphatic heterocycles. The van der Waals surface area contributed by atoms with Crippen LogP contribution in [0.3, 0.4) is 0 Å². The lowest BCUT2D eigenvalue weighted by atomic mass is 9.99. The van der Waals surface area contributed by atoms with E-state index in [2.05, 4.69) is 21.1 Å². The molecule has 0 aromatic rings. The molecule has 0 spiro atoms. The smallest absolute Gasteiger partial charge is 0.262 e. The van der Waals surface area contributed by atoms with Gasteiger partial charge in [0.15, 0.2) is 0 Å². The fourth-order valence-electron chi connectivity index (χ4n) is 4.67. The van der Waals surface area contributed by atoms with Crippen LogP contribution in [0.2, 0.25) is 0 Å². The van der Waals surface area contributed by atoms with Crippen LogP contribution in [-0.2, 0) is 9.59 Å². The van der Waals surface area contributed by atoms with Gasteiger partial charge in [-0.15, -0.1) is 0 Å². The zero-order chi connectivity index (χ0) is 15.1. The van der Waals surface area contributed by atoms with Gasteiger partial charge in [0.2, 0.25) is 0 Å². The zero-order valence-corrected chi connectivity index (χ0v) is 12.7. The van der Waals surface area contributed by atoms with Crippen LogP contribution in [0, 0.1) is 23.7 Å². The normalized spacial score (nSPS) is 38.9. The lowest BCUT2D eigenvalue weighted by molar-refractivity contribution is -0.139. The van der Waals surface area contributed by atoms with Gasteiger partial charge in [-0.2, -0.15) is 10.2 Å². The van der Waals surface area contributed by atoms with Crippen LogP contribution in [0.4, 0.5) is 0 Å². The molecule has 6 heteroatoms. The maximum Gasteiger partial charge on any atom is 0.331 e. The summed E-state index contributed by atoms with van der Waals surface area (Å²) in [5.41, 5.74) is 6.88. The lowest BCUT2D eigenvalue weighted by Crippen LogP contribution is -2.36. The summed E-state index contributed by atoms with van der Waals surface area (Å²) in [6, 6.07) is 0. The van der Waals surface area contributed by atoms with Crippen molar-refractivity contribution in [2.75, 3.05) is 0 Å². The molecule has 6 nitrogen and oxygen atoms in total. The average Bonchev–Trinajstić information content (AvgIpc) is 3.30. The number of hydrogen-bond acceptors (Lipinski definition) is 4. The Bertz CT molecular complexity index is 518. The van der Waals surface area contributed by atoms with Crippen molar-refractivity contribution >= 4 is 23.2 Å². The molecule has 22 heavy (non-hydrogen) atoms. The van der Waals surface area contributed by atoms with Crippen molar-refractivity contribution in [1.82, 2.24) is 10.9 Å². The minimum absolute atomic E-state index is 0.516.